The lowest BCUT2D eigenvalue weighted by atomic mass is 10.2. The Labute approximate surface area is 127 Å². The maximum absolute atomic E-state index is 4.52. The summed E-state index contributed by atoms with van der Waals surface area (Å²) < 4.78 is 0. The summed E-state index contributed by atoms with van der Waals surface area (Å²) in [6.45, 7) is 7.55. The quantitative estimate of drug-likeness (QED) is 0.918. The van der Waals surface area contributed by atoms with Gasteiger partial charge in [-0.25, -0.2) is 4.98 Å². The fourth-order valence-corrected chi connectivity index (χ4v) is 3.86. The molecule has 1 N–H and O–H groups in total. The Morgan fingerprint density at radius 2 is 2.05 bits per heavy atom. The van der Waals surface area contributed by atoms with Crippen molar-refractivity contribution in [3.8, 4) is 9.88 Å². The van der Waals surface area contributed by atoms with Gasteiger partial charge in [0, 0.05) is 19.6 Å². The summed E-state index contributed by atoms with van der Waals surface area (Å²) in [5.74, 6) is 0.604. The molecule has 3 heterocycles. The lowest BCUT2D eigenvalue weighted by Crippen LogP contribution is -2.16. The third kappa shape index (κ3) is 3.09. The van der Waals surface area contributed by atoms with Crippen LogP contribution in [0.4, 0.5) is 10.3 Å². The standard InChI is InChI=1S/C13H19N5S2/c1-9(2)7-14-12-17-16-11(20-12)10-8-15-13(19-10)18-5-3-4-6-18/h8-9H,3-7H2,1-2H3,(H,14,17). The summed E-state index contributed by atoms with van der Waals surface area (Å²) in [6, 6.07) is 0. The van der Waals surface area contributed by atoms with Crippen molar-refractivity contribution in [2.45, 2.75) is 26.7 Å². The minimum Gasteiger partial charge on any atom is -0.360 e. The van der Waals surface area contributed by atoms with Crippen LogP contribution >= 0.6 is 22.7 Å². The zero-order valence-electron chi connectivity index (χ0n) is 11.8. The smallest absolute Gasteiger partial charge is 0.206 e. The van der Waals surface area contributed by atoms with Crippen LogP contribution < -0.4 is 10.2 Å². The first kappa shape index (κ1) is 13.8. The van der Waals surface area contributed by atoms with Crippen LogP contribution in [0.2, 0.25) is 0 Å². The van der Waals surface area contributed by atoms with Crippen molar-refractivity contribution in [1.82, 2.24) is 15.2 Å². The Morgan fingerprint density at radius 3 is 2.80 bits per heavy atom. The Hall–Kier alpha value is -1.21. The van der Waals surface area contributed by atoms with Crippen molar-refractivity contribution in [2.75, 3.05) is 29.9 Å². The minimum atomic E-state index is 0.604. The Bertz CT molecular complexity index is 557. The van der Waals surface area contributed by atoms with Gasteiger partial charge in [0.2, 0.25) is 5.13 Å². The predicted molar refractivity (Wildman–Crippen MR) is 85.8 cm³/mol. The number of nitrogens with one attached hydrogen (secondary N) is 1. The molecule has 0 amide bonds. The number of nitrogens with zero attached hydrogens (tertiary/aromatic N) is 4. The van der Waals surface area contributed by atoms with Gasteiger partial charge >= 0.3 is 0 Å². The van der Waals surface area contributed by atoms with E-state index >= 15 is 0 Å². The Balaban J connectivity index is 1.69. The van der Waals surface area contributed by atoms with Gasteiger partial charge in [0.1, 0.15) is 0 Å². The third-order valence-corrected chi connectivity index (χ3v) is 5.28. The van der Waals surface area contributed by atoms with E-state index in [4.69, 9.17) is 0 Å². The van der Waals surface area contributed by atoms with Gasteiger partial charge in [0.05, 0.1) is 11.1 Å². The topological polar surface area (TPSA) is 53.9 Å². The molecule has 0 aliphatic carbocycles. The Kier molecular flexibility index (Phi) is 4.16. The number of thiazole rings is 1. The highest BCUT2D eigenvalue weighted by molar-refractivity contribution is 7.25. The molecule has 0 atom stereocenters. The molecule has 20 heavy (non-hydrogen) atoms. The average molecular weight is 309 g/mol. The molecular weight excluding hydrogens is 290 g/mol. The second-order valence-electron chi connectivity index (χ2n) is 5.39. The van der Waals surface area contributed by atoms with E-state index in [1.54, 1.807) is 22.7 Å². The van der Waals surface area contributed by atoms with Crippen LogP contribution in [0.1, 0.15) is 26.7 Å². The van der Waals surface area contributed by atoms with Crippen LogP contribution in [0, 0.1) is 5.92 Å². The molecule has 0 aromatic carbocycles. The molecule has 108 valence electrons. The summed E-state index contributed by atoms with van der Waals surface area (Å²) in [4.78, 5) is 7.99. The molecule has 0 spiro atoms. The maximum Gasteiger partial charge on any atom is 0.206 e. The molecule has 7 heteroatoms. The van der Waals surface area contributed by atoms with Crippen LogP contribution in [0.5, 0.6) is 0 Å². The normalized spacial score (nSPS) is 15.2. The summed E-state index contributed by atoms with van der Waals surface area (Å²) >= 11 is 3.32. The predicted octanol–water partition coefficient (Wildman–Crippen LogP) is 3.33. The molecule has 0 saturated carbocycles. The Morgan fingerprint density at radius 1 is 1.25 bits per heavy atom. The zero-order valence-corrected chi connectivity index (χ0v) is 13.4. The van der Waals surface area contributed by atoms with E-state index in [0.29, 0.717) is 5.92 Å². The number of aromatic nitrogens is 3. The molecule has 1 saturated heterocycles. The largest absolute Gasteiger partial charge is 0.360 e. The van der Waals surface area contributed by atoms with E-state index < -0.39 is 0 Å². The third-order valence-electron chi connectivity index (χ3n) is 3.17. The average Bonchev–Trinajstić information content (AvgIpc) is 3.15. The fourth-order valence-electron chi connectivity index (χ4n) is 2.10. The first-order valence-corrected chi connectivity index (χ1v) is 8.64. The molecule has 0 unspecified atom stereocenters. The van der Waals surface area contributed by atoms with Gasteiger partial charge in [-0.1, -0.05) is 36.5 Å². The van der Waals surface area contributed by atoms with Crippen molar-refractivity contribution in [1.29, 1.82) is 0 Å². The molecule has 1 fully saturated rings. The number of hydrogen-bond acceptors (Lipinski definition) is 7. The number of anilines is 2. The van der Waals surface area contributed by atoms with Crippen LogP contribution in [0.3, 0.4) is 0 Å². The molecule has 3 rings (SSSR count). The molecule has 1 aliphatic heterocycles. The van der Waals surface area contributed by atoms with Gasteiger partial charge in [-0.3, -0.25) is 0 Å². The fraction of sp³-hybridized carbons (Fsp3) is 0.615. The minimum absolute atomic E-state index is 0.604. The summed E-state index contributed by atoms with van der Waals surface area (Å²) in [5.41, 5.74) is 0. The van der Waals surface area contributed by atoms with Crippen molar-refractivity contribution >= 4 is 32.9 Å². The molecule has 0 bridgehead atoms. The van der Waals surface area contributed by atoms with Gasteiger partial charge in [-0.15, -0.1) is 10.2 Å². The SMILES string of the molecule is CC(C)CNc1nnc(-c2cnc(N3CCCC3)s2)s1. The van der Waals surface area contributed by atoms with Crippen molar-refractivity contribution in [2.24, 2.45) is 5.92 Å². The van der Waals surface area contributed by atoms with E-state index in [-0.39, 0.29) is 0 Å². The molecular formula is C13H19N5S2. The molecule has 2 aromatic rings. The van der Waals surface area contributed by atoms with Crippen LogP contribution in [-0.4, -0.2) is 34.8 Å². The van der Waals surface area contributed by atoms with E-state index in [0.717, 1.165) is 39.8 Å². The second kappa shape index (κ2) is 6.05. The van der Waals surface area contributed by atoms with Crippen LogP contribution in [-0.2, 0) is 0 Å². The molecule has 0 radical (unpaired) electrons. The number of hydrogen-bond donors (Lipinski definition) is 1. The monoisotopic (exact) mass is 309 g/mol. The zero-order chi connectivity index (χ0) is 13.9. The van der Waals surface area contributed by atoms with Gasteiger partial charge < -0.3 is 10.2 Å². The van der Waals surface area contributed by atoms with Crippen molar-refractivity contribution in [3.63, 3.8) is 0 Å². The summed E-state index contributed by atoms with van der Waals surface area (Å²) in [6.07, 6.45) is 4.47. The molecule has 1 aliphatic rings. The van der Waals surface area contributed by atoms with E-state index in [9.17, 15) is 0 Å². The highest BCUT2D eigenvalue weighted by Crippen LogP contribution is 2.35. The van der Waals surface area contributed by atoms with E-state index in [2.05, 4.69) is 39.2 Å². The summed E-state index contributed by atoms with van der Waals surface area (Å²) in [7, 11) is 0. The second-order valence-corrected chi connectivity index (χ2v) is 7.37. The van der Waals surface area contributed by atoms with Crippen molar-refractivity contribution in [3.05, 3.63) is 6.20 Å². The lowest BCUT2D eigenvalue weighted by Gasteiger charge is -2.11. The highest BCUT2D eigenvalue weighted by atomic mass is 32.1. The molecule has 5 nitrogen and oxygen atoms in total. The number of rotatable bonds is 5. The summed E-state index contributed by atoms with van der Waals surface area (Å²) in [5, 5.41) is 14.7. The van der Waals surface area contributed by atoms with Gasteiger partial charge in [-0.05, 0) is 18.8 Å². The first-order chi connectivity index (χ1) is 9.72. The van der Waals surface area contributed by atoms with Crippen LogP contribution in [0.15, 0.2) is 6.20 Å². The van der Waals surface area contributed by atoms with E-state index in [1.807, 2.05) is 6.20 Å². The van der Waals surface area contributed by atoms with Gasteiger partial charge in [0.25, 0.3) is 0 Å². The molecule has 2 aromatic heterocycles. The van der Waals surface area contributed by atoms with Crippen molar-refractivity contribution < 1.29 is 0 Å². The lowest BCUT2D eigenvalue weighted by molar-refractivity contribution is 0.687. The van der Waals surface area contributed by atoms with E-state index in [1.165, 1.54) is 12.8 Å². The first-order valence-electron chi connectivity index (χ1n) is 7.01. The van der Waals surface area contributed by atoms with Crippen LogP contribution in [0.25, 0.3) is 9.88 Å². The van der Waals surface area contributed by atoms with Gasteiger partial charge in [0.15, 0.2) is 10.1 Å². The highest BCUT2D eigenvalue weighted by Gasteiger charge is 2.17. The maximum atomic E-state index is 4.52. The van der Waals surface area contributed by atoms with Gasteiger partial charge in [-0.2, -0.15) is 0 Å².